The Bertz CT molecular complexity index is 265. The highest BCUT2D eigenvalue weighted by atomic mass is 16.5. The molecular formula is C14H29N3O2. The fourth-order valence-corrected chi connectivity index (χ4v) is 1.58. The highest BCUT2D eigenvalue weighted by Crippen LogP contribution is 2.05. The van der Waals surface area contributed by atoms with Crippen molar-refractivity contribution in [1.29, 1.82) is 0 Å². The molecule has 0 rings (SSSR count). The SMILES string of the molecule is COC(=O)CCCCCCCNC(N)=NCC(C)C. The van der Waals surface area contributed by atoms with Crippen LogP contribution in [0.3, 0.4) is 0 Å². The van der Waals surface area contributed by atoms with Crippen molar-refractivity contribution in [3.63, 3.8) is 0 Å². The highest BCUT2D eigenvalue weighted by molar-refractivity contribution is 5.77. The third kappa shape index (κ3) is 13.0. The number of esters is 1. The van der Waals surface area contributed by atoms with E-state index in [1.807, 2.05) is 0 Å². The minimum atomic E-state index is -0.115. The number of nitrogens with two attached hydrogens (primary N) is 1. The highest BCUT2D eigenvalue weighted by Gasteiger charge is 1.99. The van der Waals surface area contributed by atoms with E-state index in [1.54, 1.807) is 0 Å². The number of methoxy groups -OCH3 is 1. The minimum Gasteiger partial charge on any atom is -0.469 e. The van der Waals surface area contributed by atoms with Crippen LogP contribution in [0.2, 0.25) is 0 Å². The van der Waals surface area contributed by atoms with E-state index in [0.29, 0.717) is 18.3 Å². The number of hydrogen-bond donors (Lipinski definition) is 2. The molecule has 0 saturated carbocycles. The molecule has 19 heavy (non-hydrogen) atoms. The molecule has 0 unspecified atom stereocenters. The molecule has 0 aromatic heterocycles. The third-order valence-corrected chi connectivity index (χ3v) is 2.72. The molecule has 0 aromatic rings. The average molecular weight is 271 g/mol. The van der Waals surface area contributed by atoms with E-state index < -0.39 is 0 Å². The van der Waals surface area contributed by atoms with Crippen molar-refractivity contribution in [2.24, 2.45) is 16.6 Å². The van der Waals surface area contributed by atoms with E-state index in [1.165, 1.54) is 7.11 Å². The molecular weight excluding hydrogens is 242 g/mol. The van der Waals surface area contributed by atoms with Gasteiger partial charge in [-0.2, -0.15) is 0 Å². The predicted octanol–water partition coefficient (Wildman–Crippen LogP) is 2.06. The number of nitrogens with one attached hydrogen (secondary N) is 1. The lowest BCUT2D eigenvalue weighted by atomic mass is 10.1. The van der Waals surface area contributed by atoms with Gasteiger partial charge in [-0.1, -0.05) is 33.1 Å². The van der Waals surface area contributed by atoms with Gasteiger partial charge >= 0.3 is 5.97 Å². The van der Waals surface area contributed by atoms with Gasteiger partial charge in [-0.3, -0.25) is 9.79 Å². The Labute approximate surface area is 117 Å². The first-order valence-electron chi connectivity index (χ1n) is 7.17. The summed E-state index contributed by atoms with van der Waals surface area (Å²) in [4.78, 5) is 15.1. The van der Waals surface area contributed by atoms with Crippen LogP contribution in [0, 0.1) is 5.92 Å². The molecule has 0 aliphatic heterocycles. The van der Waals surface area contributed by atoms with Gasteiger partial charge in [0.2, 0.25) is 0 Å². The van der Waals surface area contributed by atoms with E-state index in [9.17, 15) is 4.79 Å². The molecule has 0 aliphatic rings. The number of aliphatic imine (C=N–C) groups is 1. The normalized spacial score (nSPS) is 11.7. The maximum atomic E-state index is 10.9. The number of nitrogens with zero attached hydrogens (tertiary/aromatic N) is 1. The summed E-state index contributed by atoms with van der Waals surface area (Å²) in [5.41, 5.74) is 5.72. The van der Waals surface area contributed by atoms with Crippen molar-refractivity contribution in [2.75, 3.05) is 20.2 Å². The first-order chi connectivity index (χ1) is 9.06. The molecule has 0 bridgehead atoms. The van der Waals surface area contributed by atoms with Crippen LogP contribution in [-0.4, -0.2) is 32.1 Å². The summed E-state index contributed by atoms with van der Waals surface area (Å²) in [5, 5.41) is 3.11. The lowest BCUT2D eigenvalue weighted by Crippen LogP contribution is -2.32. The largest absolute Gasteiger partial charge is 0.469 e. The Kier molecular flexibility index (Phi) is 11.0. The number of rotatable bonds is 10. The zero-order valence-corrected chi connectivity index (χ0v) is 12.6. The van der Waals surface area contributed by atoms with Crippen molar-refractivity contribution in [3.8, 4) is 0 Å². The molecule has 0 fully saturated rings. The van der Waals surface area contributed by atoms with Gasteiger partial charge in [-0.05, 0) is 18.8 Å². The first-order valence-corrected chi connectivity index (χ1v) is 7.17. The van der Waals surface area contributed by atoms with Crippen LogP contribution in [0.25, 0.3) is 0 Å². The number of carbonyl (C=O) groups excluding carboxylic acids is 1. The molecule has 0 aromatic carbocycles. The fraction of sp³-hybridized carbons (Fsp3) is 0.857. The van der Waals surface area contributed by atoms with Gasteiger partial charge in [0.15, 0.2) is 5.96 Å². The maximum absolute atomic E-state index is 10.9. The predicted molar refractivity (Wildman–Crippen MR) is 79.0 cm³/mol. The second-order valence-corrected chi connectivity index (χ2v) is 5.14. The summed E-state index contributed by atoms with van der Waals surface area (Å²) in [5.74, 6) is 0.963. The fourth-order valence-electron chi connectivity index (χ4n) is 1.58. The van der Waals surface area contributed by atoms with Gasteiger partial charge in [0.25, 0.3) is 0 Å². The van der Waals surface area contributed by atoms with Crippen LogP contribution in [0.15, 0.2) is 4.99 Å². The van der Waals surface area contributed by atoms with Crippen molar-refractivity contribution >= 4 is 11.9 Å². The van der Waals surface area contributed by atoms with Crippen LogP contribution in [0.1, 0.15) is 52.4 Å². The summed E-state index contributed by atoms with van der Waals surface area (Å²) >= 11 is 0. The van der Waals surface area contributed by atoms with Gasteiger partial charge in [0.05, 0.1) is 7.11 Å². The monoisotopic (exact) mass is 271 g/mol. The summed E-state index contributed by atoms with van der Waals surface area (Å²) in [7, 11) is 1.43. The van der Waals surface area contributed by atoms with Crippen LogP contribution >= 0.6 is 0 Å². The van der Waals surface area contributed by atoms with Gasteiger partial charge in [0, 0.05) is 19.5 Å². The van der Waals surface area contributed by atoms with Gasteiger partial charge in [-0.15, -0.1) is 0 Å². The number of ether oxygens (including phenoxy) is 1. The summed E-state index contributed by atoms with van der Waals surface area (Å²) in [6.07, 6.45) is 5.89. The van der Waals surface area contributed by atoms with E-state index in [-0.39, 0.29) is 5.97 Å². The second-order valence-electron chi connectivity index (χ2n) is 5.14. The van der Waals surface area contributed by atoms with Gasteiger partial charge < -0.3 is 15.8 Å². The van der Waals surface area contributed by atoms with Gasteiger partial charge in [-0.25, -0.2) is 0 Å². The molecule has 0 aliphatic carbocycles. The van der Waals surface area contributed by atoms with E-state index in [0.717, 1.165) is 45.2 Å². The molecule has 0 amide bonds. The zero-order valence-electron chi connectivity index (χ0n) is 12.6. The number of unbranched alkanes of at least 4 members (excludes halogenated alkanes) is 4. The summed E-state index contributed by atoms with van der Waals surface area (Å²) < 4.78 is 4.59. The Hall–Kier alpha value is -1.26. The van der Waals surface area contributed by atoms with Crippen LogP contribution in [-0.2, 0) is 9.53 Å². The Morgan fingerprint density at radius 1 is 1.21 bits per heavy atom. The standard InChI is InChI=1S/C14H29N3O2/c1-12(2)11-17-14(15)16-10-8-6-4-5-7-9-13(18)19-3/h12H,4-11H2,1-3H3,(H3,15,16,17). The van der Waals surface area contributed by atoms with Crippen molar-refractivity contribution < 1.29 is 9.53 Å². The minimum absolute atomic E-state index is 0.115. The second kappa shape index (κ2) is 11.8. The van der Waals surface area contributed by atoms with Crippen molar-refractivity contribution in [2.45, 2.75) is 52.4 Å². The molecule has 0 radical (unpaired) electrons. The van der Waals surface area contributed by atoms with E-state index in [2.05, 4.69) is 28.9 Å². The van der Waals surface area contributed by atoms with E-state index >= 15 is 0 Å². The Morgan fingerprint density at radius 3 is 2.47 bits per heavy atom. The lowest BCUT2D eigenvalue weighted by molar-refractivity contribution is -0.140. The summed E-state index contributed by atoms with van der Waals surface area (Å²) in [6.45, 7) is 5.87. The van der Waals surface area contributed by atoms with Gasteiger partial charge in [0.1, 0.15) is 0 Å². The van der Waals surface area contributed by atoms with Crippen LogP contribution in [0.5, 0.6) is 0 Å². The lowest BCUT2D eigenvalue weighted by Gasteiger charge is -2.06. The Balaban J connectivity index is 3.31. The molecule has 0 saturated heterocycles. The van der Waals surface area contributed by atoms with Crippen LogP contribution < -0.4 is 11.1 Å². The zero-order chi connectivity index (χ0) is 14.5. The van der Waals surface area contributed by atoms with Crippen LogP contribution in [0.4, 0.5) is 0 Å². The first kappa shape index (κ1) is 17.7. The molecule has 112 valence electrons. The quantitative estimate of drug-likeness (QED) is 0.276. The maximum Gasteiger partial charge on any atom is 0.305 e. The number of carbonyl (C=O) groups is 1. The number of guanidine groups is 1. The number of hydrogen-bond acceptors (Lipinski definition) is 3. The van der Waals surface area contributed by atoms with Crippen molar-refractivity contribution in [1.82, 2.24) is 5.32 Å². The topological polar surface area (TPSA) is 76.7 Å². The summed E-state index contributed by atoms with van der Waals surface area (Å²) in [6, 6.07) is 0. The van der Waals surface area contributed by atoms with E-state index in [4.69, 9.17) is 5.73 Å². The molecule has 3 N–H and O–H groups in total. The van der Waals surface area contributed by atoms with Crippen molar-refractivity contribution in [3.05, 3.63) is 0 Å². The molecule has 5 nitrogen and oxygen atoms in total. The molecule has 5 heteroatoms. The Morgan fingerprint density at radius 2 is 1.84 bits per heavy atom. The average Bonchev–Trinajstić information content (AvgIpc) is 2.38. The smallest absolute Gasteiger partial charge is 0.305 e. The third-order valence-electron chi connectivity index (χ3n) is 2.72. The molecule has 0 atom stereocenters. The molecule has 0 heterocycles. The molecule has 0 spiro atoms.